The van der Waals surface area contributed by atoms with Gasteiger partial charge in [0.2, 0.25) is 11.8 Å². The van der Waals surface area contributed by atoms with E-state index in [4.69, 9.17) is 19.3 Å². The molecule has 35 heavy (non-hydrogen) atoms. The van der Waals surface area contributed by atoms with Crippen molar-refractivity contribution in [2.24, 2.45) is 13.0 Å². The molecule has 1 saturated heterocycles. The summed E-state index contributed by atoms with van der Waals surface area (Å²) in [6, 6.07) is 17.6. The van der Waals surface area contributed by atoms with Crippen LogP contribution in [0.5, 0.6) is 17.4 Å². The zero-order valence-corrected chi connectivity index (χ0v) is 20.5. The van der Waals surface area contributed by atoms with Crippen LogP contribution in [0, 0.1) is 5.92 Å². The van der Waals surface area contributed by atoms with Crippen LogP contribution in [0.1, 0.15) is 37.7 Å². The number of benzene rings is 2. The highest BCUT2D eigenvalue weighted by molar-refractivity contribution is 5.80. The number of nitrogens with zero attached hydrogens (tertiary/aromatic N) is 3. The lowest BCUT2D eigenvalue weighted by atomic mass is 9.84. The van der Waals surface area contributed by atoms with Crippen LogP contribution in [0.3, 0.4) is 0 Å². The molecule has 1 saturated carbocycles. The van der Waals surface area contributed by atoms with E-state index in [9.17, 15) is 4.79 Å². The minimum absolute atomic E-state index is 0.0850. The van der Waals surface area contributed by atoms with Gasteiger partial charge in [0.15, 0.2) is 0 Å². The van der Waals surface area contributed by atoms with Crippen molar-refractivity contribution in [3.05, 3.63) is 60.2 Å². The van der Waals surface area contributed by atoms with Gasteiger partial charge in [0, 0.05) is 31.7 Å². The lowest BCUT2D eigenvalue weighted by Gasteiger charge is -2.33. The highest BCUT2D eigenvalue weighted by Gasteiger charge is 2.33. The Labute approximate surface area is 206 Å². The predicted octanol–water partition coefficient (Wildman–Crippen LogP) is 5.20. The third-order valence-electron chi connectivity index (χ3n) is 6.97. The van der Waals surface area contributed by atoms with Gasteiger partial charge in [-0.1, -0.05) is 36.8 Å². The smallest absolute Gasteiger partial charge is 0.226 e. The third kappa shape index (κ3) is 5.20. The molecule has 1 aliphatic carbocycles. The summed E-state index contributed by atoms with van der Waals surface area (Å²) < 4.78 is 19.3. The summed E-state index contributed by atoms with van der Waals surface area (Å²) in [7, 11) is 3.52. The summed E-state index contributed by atoms with van der Waals surface area (Å²) in [6.45, 7) is 1.79. The second kappa shape index (κ2) is 10.5. The molecule has 0 N–H and O–H groups in total. The summed E-state index contributed by atoms with van der Waals surface area (Å²) in [5.74, 6) is 2.41. The fourth-order valence-electron chi connectivity index (χ4n) is 4.78. The van der Waals surface area contributed by atoms with Crippen molar-refractivity contribution in [1.29, 1.82) is 0 Å². The lowest BCUT2D eigenvalue weighted by Crippen LogP contribution is -2.42. The molecule has 1 aromatic heterocycles. The number of aromatic nitrogens is 2. The van der Waals surface area contributed by atoms with Gasteiger partial charge in [0.25, 0.3) is 0 Å². The summed E-state index contributed by atoms with van der Waals surface area (Å²) >= 11 is 0. The van der Waals surface area contributed by atoms with Crippen LogP contribution in [-0.2, 0) is 23.1 Å². The zero-order chi connectivity index (χ0) is 24.2. The molecule has 3 aromatic rings. The van der Waals surface area contributed by atoms with Crippen LogP contribution in [0.4, 0.5) is 0 Å². The Kier molecular flexibility index (Phi) is 7.04. The molecule has 2 heterocycles. The number of carbonyl (C=O) groups excluding carboxylic acids is 1. The van der Waals surface area contributed by atoms with Gasteiger partial charge in [-0.25, -0.2) is 4.68 Å². The first-order valence-corrected chi connectivity index (χ1v) is 12.5. The minimum Gasteiger partial charge on any atom is -0.497 e. The lowest BCUT2D eigenvalue weighted by molar-refractivity contribution is -0.140. The van der Waals surface area contributed by atoms with Crippen LogP contribution in [0.2, 0.25) is 0 Å². The summed E-state index contributed by atoms with van der Waals surface area (Å²) in [6.07, 6.45) is 5.18. The van der Waals surface area contributed by atoms with Crippen molar-refractivity contribution in [1.82, 2.24) is 14.7 Å². The molecular weight excluding hydrogens is 442 g/mol. The van der Waals surface area contributed by atoms with E-state index in [0.29, 0.717) is 24.7 Å². The predicted molar refractivity (Wildman–Crippen MR) is 133 cm³/mol. The second-order valence-corrected chi connectivity index (χ2v) is 9.38. The fourth-order valence-corrected chi connectivity index (χ4v) is 4.78. The molecule has 184 valence electrons. The highest BCUT2D eigenvalue weighted by Crippen LogP contribution is 2.36. The van der Waals surface area contributed by atoms with Crippen molar-refractivity contribution < 1.29 is 19.0 Å². The number of hydrogen-bond acceptors (Lipinski definition) is 5. The number of methoxy groups -OCH3 is 1. The molecule has 1 amide bonds. The Bertz CT molecular complexity index is 1130. The number of hydrogen-bond donors (Lipinski definition) is 0. The first-order valence-electron chi connectivity index (χ1n) is 12.5. The Hall–Kier alpha value is -3.32. The Morgan fingerprint density at radius 2 is 1.80 bits per heavy atom. The molecule has 7 heteroatoms. The van der Waals surface area contributed by atoms with Crippen molar-refractivity contribution in [3.63, 3.8) is 0 Å². The average Bonchev–Trinajstić information content (AvgIpc) is 3.47. The zero-order valence-electron chi connectivity index (χ0n) is 20.5. The Morgan fingerprint density at radius 1 is 1.06 bits per heavy atom. The Morgan fingerprint density at radius 3 is 2.43 bits per heavy atom. The normalized spacial score (nSPS) is 17.7. The summed E-state index contributed by atoms with van der Waals surface area (Å²) in [5.41, 5.74) is 2.73. The van der Waals surface area contributed by atoms with Gasteiger partial charge in [0.1, 0.15) is 17.2 Å². The summed E-state index contributed by atoms with van der Waals surface area (Å²) in [5, 5.41) is 4.83. The monoisotopic (exact) mass is 475 g/mol. The standard InChI is InChI=1S/C28H33N3O4/c1-30-28(35-23-15-13-22(33-2)14-16-23)25(26(29-30)20-8-4-3-5-9-20)19-31(18-24-12-7-17-34-24)27(32)21-10-6-11-21/h3-5,8-9,13-16,21,24H,6-7,10-12,17-19H2,1-2H3. The first-order chi connectivity index (χ1) is 17.1. The maximum absolute atomic E-state index is 13.5. The molecule has 7 nitrogen and oxygen atoms in total. The molecule has 5 rings (SSSR count). The minimum atomic E-state index is 0.0850. The molecule has 2 aliphatic rings. The second-order valence-electron chi connectivity index (χ2n) is 9.38. The molecule has 1 aliphatic heterocycles. The van der Waals surface area contributed by atoms with E-state index in [2.05, 4.69) is 0 Å². The molecular formula is C28H33N3O4. The van der Waals surface area contributed by atoms with Gasteiger partial charge < -0.3 is 19.1 Å². The number of amides is 1. The third-order valence-corrected chi connectivity index (χ3v) is 6.97. The van der Waals surface area contributed by atoms with Crippen molar-refractivity contribution in [3.8, 4) is 28.6 Å². The van der Waals surface area contributed by atoms with Gasteiger partial charge in [-0.15, -0.1) is 0 Å². The highest BCUT2D eigenvalue weighted by atomic mass is 16.5. The number of rotatable bonds is 9. The fraction of sp³-hybridized carbons (Fsp3) is 0.429. The van der Waals surface area contributed by atoms with E-state index in [1.807, 2.05) is 66.5 Å². The van der Waals surface area contributed by atoms with E-state index in [1.54, 1.807) is 11.8 Å². The quantitative estimate of drug-likeness (QED) is 0.426. The van der Waals surface area contributed by atoms with E-state index >= 15 is 0 Å². The van der Waals surface area contributed by atoms with Gasteiger partial charge in [0.05, 0.1) is 25.3 Å². The van der Waals surface area contributed by atoms with Crippen LogP contribution in [0.15, 0.2) is 54.6 Å². The van der Waals surface area contributed by atoms with Gasteiger partial charge in [-0.3, -0.25) is 4.79 Å². The first kappa shape index (κ1) is 23.4. The van der Waals surface area contributed by atoms with Crippen molar-refractivity contribution in [2.45, 2.75) is 44.8 Å². The average molecular weight is 476 g/mol. The van der Waals surface area contributed by atoms with Gasteiger partial charge in [-0.2, -0.15) is 5.10 Å². The molecule has 0 bridgehead atoms. The molecule has 2 aromatic carbocycles. The molecule has 2 fully saturated rings. The van der Waals surface area contributed by atoms with E-state index in [1.165, 1.54) is 0 Å². The van der Waals surface area contributed by atoms with Gasteiger partial charge >= 0.3 is 0 Å². The van der Waals surface area contributed by atoms with Gasteiger partial charge in [-0.05, 0) is 49.9 Å². The largest absolute Gasteiger partial charge is 0.497 e. The maximum Gasteiger partial charge on any atom is 0.226 e. The van der Waals surface area contributed by atoms with E-state index in [0.717, 1.165) is 61.3 Å². The van der Waals surface area contributed by atoms with Crippen LogP contribution in [-0.4, -0.2) is 47.0 Å². The SMILES string of the molecule is COc1ccc(Oc2c(CN(CC3CCCO3)C(=O)C3CCC3)c(-c3ccccc3)nn2C)cc1. The molecule has 1 atom stereocenters. The number of carbonyl (C=O) groups is 1. The number of ether oxygens (including phenoxy) is 3. The van der Waals surface area contributed by atoms with E-state index in [-0.39, 0.29) is 17.9 Å². The topological polar surface area (TPSA) is 65.8 Å². The summed E-state index contributed by atoms with van der Waals surface area (Å²) in [4.78, 5) is 15.5. The van der Waals surface area contributed by atoms with Crippen LogP contribution >= 0.6 is 0 Å². The number of aryl methyl sites for hydroxylation is 1. The molecule has 1 unspecified atom stereocenters. The van der Waals surface area contributed by atoms with Crippen molar-refractivity contribution in [2.75, 3.05) is 20.3 Å². The van der Waals surface area contributed by atoms with Crippen molar-refractivity contribution >= 4 is 5.91 Å². The maximum atomic E-state index is 13.5. The molecule has 0 radical (unpaired) electrons. The van der Waals surface area contributed by atoms with E-state index < -0.39 is 0 Å². The van der Waals surface area contributed by atoms with Crippen LogP contribution in [0.25, 0.3) is 11.3 Å². The van der Waals surface area contributed by atoms with Crippen LogP contribution < -0.4 is 9.47 Å². The Balaban J connectivity index is 1.51. The molecule has 0 spiro atoms.